The molecule has 0 amide bonds. The van der Waals surface area contributed by atoms with Crippen molar-refractivity contribution in [1.29, 1.82) is 0 Å². The second kappa shape index (κ2) is 11.9. The number of hydrogen-bond acceptors (Lipinski definition) is 1. The maximum Gasteiger partial charge on any atom is 0.160 e. The Morgan fingerprint density at radius 2 is 1.52 bits per heavy atom. The van der Waals surface area contributed by atoms with Gasteiger partial charge in [0, 0.05) is 5.57 Å². The van der Waals surface area contributed by atoms with Crippen molar-refractivity contribution in [3.8, 4) is 0 Å². The zero-order valence-corrected chi connectivity index (χ0v) is 15.1. The average Bonchev–Trinajstić information content (AvgIpc) is 2.54. The van der Waals surface area contributed by atoms with Crippen LogP contribution in [0.15, 0.2) is 48.1 Å². The number of unbranched alkanes of at least 4 members (excludes halogenated alkanes) is 7. The number of hydrogen-bond donors (Lipinski definition) is 0. The second-order valence-electron chi connectivity index (χ2n) is 6.29. The number of carbonyl (C=O) groups excluding carboxylic acids is 1. The zero-order chi connectivity index (χ0) is 16.9. The first-order chi connectivity index (χ1) is 11.2. The second-order valence-corrected chi connectivity index (χ2v) is 6.29. The Bertz CT molecular complexity index is 508. The van der Waals surface area contributed by atoms with E-state index in [1.54, 1.807) is 6.92 Å². The average molecular weight is 312 g/mol. The Labute approximate surface area is 142 Å². The highest BCUT2D eigenvalue weighted by Crippen LogP contribution is 2.20. The summed E-state index contributed by atoms with van der Waals surface area (Å²) in [4.78, 5) is 12.0. The molecule has 126 valence electrons. The van der Waals surface area contributed by atoms with Gasteiger partial charge in [-0.2, -0.15) is 0 Å². The third-order valence-corrected chi connectivity index (χ3v) is 4.15. The monoisotopic (exact) mass is 312 g/mol. The van der Waals surface area contributed by atoms with Gasteiger partial charge in [-0.3, -0.25) is 4.79 Å². The number of Topliss-reactive ketones (excluding diaryl/α,β-unsaturated/α-hetero) is 1. The quantitative estimate of drug-likeness (QED) is 0.251. The highest BCUT2D eigenvalue weighted by molar-refractivity contribution is 6.20. The van der Waals surface area contributed by atoms with Gasteiger partial charge in [0.15, 0.2) is 5.78 Å². The van der Waals surface area contributed by atoms with Crippen LogP contribution >= 0.6 is 0 Å². The molecule has 0 aromatic heterocycles. The van der Waals surface area contributed by atoms with Gasteiger partial charge in [0.05, 0.1) is 0 Å². The molecule has 0 atom stereocenters. The summed E-state index contributed by atoms with van der Waals surface area (Å²) in [6, 6.07) is 9.95. The van der Waals surface area contributed by atoms with E-state index in [0.717, 1.165) is 23.1 Å². The predicted octanol–water partition coefficient (Wildman–Crippen LogP) is 6.75. The van der Waals surface area contributed by atoms with E-state index in [0.29, 0.717) is 0 Å². The Hall–Kier alpha value is -1.63. The largest absolute Gasteiger partial charge is 0.294 e. The van der Waals surface area contributed by atoms with Crippen LogP contribution in [-0.4, -0.2) is 5.78 Å². The molecule has 0 heterocycles. The van der Waals surface area contributed by atoms with Gasteiger partial charge in [0.2, 0.25) is 0 Å². The Kier molecular flexibility index (Phi) is 10.0. The fraction of sp³-hybridized carbons (Fsp3) is 0.500. The Balaban J connectivity index is 2.45. The molecule has 1 aromatic rings. The minimum absolute atomic E-state index is 0.134. The molecule has 0 saturated carbocycles. The number of benzene rings is 1. The number of rotatable bonds is 11. The molecule has 1 heteroatoms. The van der Waals surface area contributed by atoms with E-state index in [9.17, 15) is 4.79 Å². The molecule has 23 heavy (non-hydrogen) atoms. The van der Waals surface area contributed by atoms with Crippen molar-refractivity contribution < 1.29 is 4.79 Å². The van der Waals surface area contributed by atoms with Crippen LogP contribution in [0.1, 0.15) is 77.7 Å². The summed E-state index contributed by atoms with van der Waals surface area (Å²) in [5, 5.41) is 0. The van der Waals surface area contributed by atoms with Crippen molar-refractivity contribution >= 4 is 11.4 Å². The van der Waals surface area contributed by atoms with Gasteiger partial charge < -0.3 is 0 Å². The molecule has 0 bridgehead atoms. The van der Waals surface area contributed by atoms with Crippen molar-refractivity contribution in [3.63, 3.8) is 0 Å². The number of ketones is 1. The van der Waals surface area contributed by atoms with Crippen molar-refractivity contribution in [2.24, 2.45) is 0 Å². The molecule has 0 saturated heterocycles. The van der Waals surface area contributed by atoms with Gasteiger partial charge in [-0.15, -0.1) is 0 Å². The van der Waals surface area contributed by atoms with Crippen molar-refractivity contribution in [3.05, 3.63) is 53.6 Å². The lowest BCUT2D eigenvalue weighted by Gasteiger charge is -2.07. The summed E-state index contributed by atoms with van der Waals surface area (Å²) in [5.41, 5.74) is 2.91. The standard InChI is InChI=1S/C22H32O/c1-4-5-6-7-8-9-10-11-13-16-19(2)22(20(3)23)21-17-14-12-15-18-21/h12-18H,4-11H2,1-3H3/b16-13+,22-19-. The highest BCUT2D eigenvalue weighted by Gasteiger charge is 2.08. The molecule has 1 aromatic carbocycles. The van der Waals surface area contributed by atoms with Crippen LogP contribution in [0, 0.1) is 0 Å². The van der Waals surface area contributed by atoms with E-state index in [2.05, 4.69) is 19.1 Å². The molecular formula is C22H32O. The van der Waals surface area contributed by atoms with Gasteiger partial charge in [-0.1, -0.05) is 87.9 Å². The van der Waals surface area contributed by atoms with Crippen LogP contribution in [0.5, 0.6) is 0 Å². The molecule has 0 unspecified atom stereocenters. The van der Waals surface area contributed by atoms with Crippen molar-refractivity contribution in [1.82, 2.24) is 0 Å². The van der Waals surface area contributed by atoms with Crippen LogP contribution in [0.25, 0.3) is 5.57 Å². The first-order valence-corrected chi connectivity index (χ1v) is 9.10. The molecular weight excluding hydrogens is 280 g/mol. The summed E-state index contributed by atoms with van der Waals surface area (Å²) in [7, 11) is 0. The minimum atomic E-state index is 0.134. The van der Waals surface area contributed by atoms with E-state index in [1.165, 1.54) is 44.9 Å². The van der Waals surface area contributed by atoms with Gasteiger partial charge in [0.25, 0.3) is 0 Å². The summed E-state index contributed by atoms with van der Waals surface area (Å²) in [6.45, 7) is 5.94. The van der Waals surface area contributed by atoms with E-state index >= 15 is 0 Å². The van der Waals surface area contributed by atoms with E-state index in [4.69, 9.17) is 0 Å². The van der Waals surface area contributed by atoms with Gasteiger partial charge >= 0.3 is 0 Å². The number of carbonyl (C=O) groups is 1. The minimum Gasteiger partial charge on any atom is -0.294 e. The summed E-state index contributed by atoms with van der Waals surface area (Å²) in [5.74, 6) is 0.134. The maximum absolute atomic E-state index is 12.0. The molecule has 0 aliphatic rings. The molecule has 0 aliphatic heterocycles. The molecule has 0 fully saturated rings. The maximum atomic E-state index is 12.0. The topological polar surface area (TPSA) is 17.1 Å². The van der Waals surface area contributed by atoms with E-state index < -0.39 is 0 Å². The number of allylic oxidation sites excluding steroid dienone is 4. The van der Waals surface area contributed by atoms with Crippen LogP contribution < -0.4 is 0 Å². The van der Waals surface area contributed by atoms with Gasteiger partial charge in [-0.05, 0) is 37.8 Å². The SMILES string of the molecule is CCCCCCCCC/C=C/C(C)=C(/C(C)=O)c1ccccc1. The van der Waals surface area contributed by atoms with Gasteiger partial charge in [0.1, 0.15) is 0 Å². The van der Waals surface area contributed by atoms with Crippen molar-refractivity contribution in [2.75, 3.05) is 0 Å². The zero-order valence-electron chi connectivity index (χ0n) is 15.1. The van der Waals surface area contributed by atoms with Crippen molar-refractivity contribution in [2.45, 2.75) is 72.1 Å². The lowest BCUT2D eigenvalue weighted by molar-refractivity contribution is -0.111. The van der Waals surface area contributed by atoms with E-state index in [-0.39, 0.29) is 5.78 Å². The fourth-order valence-corrected chi connectivity index (χ4v) is 2.88. The molecule has 1 rings (SSSR count). The molecule has 0 radical (unpaired) electrons. The Morgan fingerprint density at radius 1 is 0.913 bits per heavy atom. The predicted molar refractivity (Wildman–Crippen MR) is 101 cm³/mol. The Morgan fingerprint density at radius 3 is 2.13 bits per heavy atom. The van der Waals surface area contributed by atoms with E-state index in [1.807, 2.05) is 37.3 Å². The van der Waals surface area contributed by atoms with Crippen LogP contribution in [-0.2, 0) is 4.79 Å². The summed E-state index contributed by atoms with van der Waals surface area (Å²) < 4.78 is 0. The highest BCUT2D eigenvalue weighted by atomic mass is 16.1. The lowest BCUT2D eigenvalue weighted by Crippen LogP contribution is -1.98. The first-order valence-electron chi connectivity index (χ1n) is 9.10. The fourth-order valence-electron chi connectivity index (χ4n) is 2.88. The van der Waals surface area contributed by atoms with Crippen LogP contribution in [0.3, 0.4) is 0 Å². The van der Waals surface area contributed by atoms with Crippen LogP contribution in [0.4, 0.5) is 0 Å². The normalized spacial score (nSPS) is 12.5. The molecule has 0 spiro atoms. The van der Waals surface area contributed by atoms with Gasteiger partial charge in [-0.25, -0.2) is 0 Å². The summed E-state index contributed by atoms with van der Waals surface area (Å²) >= 11 is 0. The molecule has 0 aliphatic carbocycles. The summed E-state index contributed by atoms with van der Waals surface area (Å²) in [6.07, 6.45) is 14.8. The smallest absolute Gasteiger partial charge is 0.160 e. The third kappa shape index (κ3) is 7.97. The third-order valence-electron chi connectivity index (χ3n) is 4.15. The molecule has 0 N–H and O–H groups in total. The lowest BCUT2D eigenvalue weighted by atomic mass is 9.97. The first kappa shape index (κ1) is 19.4. The van der Waals surface area contributed by atoms with Crippen LogP contribution in [0.2, 0.25) is 0 Å². The molecule has 1 nitrogen and oxygen atoms in total.